The van der Waals surface area contributed by atoms with Crippen molar-refractivity contribution in [2.24, 2.45) is 4.99 Å². The molecule has 0 saturated carbocycles. The van der Waals surface area contributed by atoms with Crippen molar-refractivity contribution in [3.8, 4) is 5.75 Å². The van der Waals surface area contributed by atoms with Crippen LogP contribution in [-0.4, -0.2) is 17.6 Å². The molecule has 0 saturated heterocycles. The standard InChI is InChI=1S/C15H12FNO2/c16-12-8-4-7-11(14(12)18)15-17-13(9-19-15)10-5-2-1-3-6-10/h1-8,13,18H,9H2. The Bertz CT molecular complexity index is 625. The Labute approximate surface area is 110 Å². The van der Waals surface area contributed by atoms with Gasteiger partial charge in [-0.2, -0.15) is 0 Å². The number of halogens is 1. The summed E-state index contributed by atoms with van der Waals surface area (Å²) in [4.78, 5) is 4.40. The first-order valence-corrected chi connectivity index (χ1v) is 5.99. The van der Waals surface area contributed by atoms with Crippen LogP contribution in [0.2, 0.25) is 0 Å². The lowest BCUT2D eigenvalue weighted by Crippen LogP contribution is -2.02. The van der Waals surface area contributed by atoms with Gasteiger partial charge in [0.15, 0.2) is 11.6 Å². The number of phenolic OH excluding ortho intramolecular Hbond substituents is 1. The molecule has 0 amide bonds. The fraction of sp³-hybridized carbons (Fsp3) is 0.133. The Morgan fingerprint density at radius 2 is 1.89 bits per heavy atom. The molecule has 0 fully saturated rings. The van der Waals surface area contributed by atoms with Crippen LogP contribution in [0.4, 0.5) is 4.39 Å². The van der Waals surface area contributed by atoms with E-state index < -0.39 is 11.6 Å². The van der Waals surface area contributed by atoms with Crippen LogP contribution < -0.4 is 0 Å². The van der Waals surface area contributed by atoms with Crippen molar-refractivity contribution < 1.29 is 14.2 Å². The Hall–Kier alpha value is -2.36. The summed E-state index contributed by atoms with van der Waals surface area (Å²) < 4.78 is 18.8. The minimum Gasteiger partial charge on any atom is -0.504 e. The van der Waals surface area contributed by atoms with Gasteiger partial charge in [0.1, 0.15) is 12.6 Å². The van der Waals surface area contributed by atoms with Crippen molar-refractivity contribution in [2.45, 2.75) is 6.04 Å². The topological polar surface area (TPSA) is 41.8 Å². The zero-order valence-electron chi connectivity index (χ0n) is 10.1. The summed E-state index contributed by atoms with van der Waals surface area (Å²) in [6.45, 7) is 0.398. The molecule has 0 bridgehead atoms. The van der Waals surface area contributed by atoms with Crippen molar-refractivity contribution >= 4 is 5.90 Å². The molecule has 3 rings (SSSR count). The molecule has 1 N–H and O–H groups in total. The van der Waals surface area contributed by atoms with Gasteiger partial charge in [0.25, 0.3) is 0 Å². The number of phenols is 1. The van der Waals surface area contributed by atoms with Gasteiger partial charge >= 0.3 is 0 Å². The zero-order valence-corrected chi connectivity index (χ0v) is 10.1. The Morgan fingerprint density at radius 1 is 1.11 bits per heavy atom. The maximum Gasteiger partial charge on any atom is 0.220 e. The van der Waals surface area contributed by atoms with Crippen molar-refractivity contribution in [3.63, 3.8) is 0 Å². The number of ether oxygens (including phenoxy) is 1. The number of rotatable bonds is 2. The van der Waals surface area contributed by atoms with Crippen LogP contribution in [0.25, 0.3) is 0 Å². The summed E-state index contributed by atoms with van der Waals surface area (Å²) in [7, 11) is 0. The second-order valence-electron chi connectivity index (χ2n) is 4.31. The van der Waals surface area contributed by atoms with Crippen LogP contribution in [0.5, 0.6) is 5.75 Å². The highest BCUT2D eigenvalue weighted by molar-refractivity contribution is 5.97. The third-order valence-corrected chi connectivity index (χ3v) is 3.05. The number of hydrogen-bond donors (Lipinski definition) is 1. The van der Waals surface area contributed by atoms with E-state index in [-0.39, 0.29) is 11.9 Å². The van der Waals surface area contributed by atoms with E-state index in [9.17, 15) is 9.50 Å². The Balaban J connectivity index is 1.94. The van der Waals surface area contributed by atoms with Crippen LogP contribution in [-0.2, 0) is 4.74 Å². The van der Waals surface area contributed by atoms with E-state index in [1.54, 1.807) is 6.07 Å². The molecule has 1 aliphatic heterocycles. The van der Waals surface area contributed by atoms with Gasteiger partial charge in [-0.25, -0.2) is 9.38 Å². The smallest absolute Gasteiger partial charge is 0.220 e. The van der Waals surface area contributed by atoms with Crippen LogP contribution in [0.3, 0.4) is 0 Å². The van der Waals surface area contributed by atoms with Crippen LogP contribution in [0.15, 0.2) is 53.5 Å². The normalized spacial score (nSPS) is 17.9. The molecule has 96 valence electrons. The number of hydrogen-bond acceptors (Lipinski definition) is 3. The molecule has 3 nitrogen and oxygen atoms in total. The minimum atomic E-state index is -0.674. The summed E-state index contributed by atoms with van der Waals surface area (Å²) in [6.07, 6.45) is 0. The molecule has 1 unspecified atom stereocenters. The van der Waals surface area contributed by atoms with E-state index in [0.29, 0.717) is 12.2 Å². The van der Waals surface area contributed by atoms with Gasteiger partial charge in [-0.1, -0.05) is 36.4 Å². The maximum atomic E-state index is 13.3. The van der Waals surface area contributed by atoms with Crippen LogP contribution in [0, 0.1) is 5.82 Å². The van der Waals surface area contributed by atoms with E-state index in [0.717, 1.165) is 5.56 Å². The SMILES string of the molecule is Oc1c(F)cccc1C1=NC(c2ccccc2)CO1. The number of aromatic hydroxyl groups is 1. The summed E-state index contributed by atoms with van der Waals surface area (Å²) >= 11 is 0. The van der Waals surface area contributed by atoms with Crippen LogP contribution >= 0.6 is 0 Å². The molecule has 0 aromatic heterocycles. The van der Waals surface area contributed by atoms with Crippen molar-refractivity contribution in [3.05, 3.63) is 65.5 Å². The molecule has 2 aromatic carbocycles. The first-order valence-electron chi connectivity index (χ1n) is 5.99. The van der Waals surface area contributed by atoms with E-state index in [4.69, 9.17) is 4.74 Å². The van der Waals surface area contributed by atoms with Gasteiger partial charge in [-0.15, -0.1) is 0 Å². The summed E-state index contributed by atoms with van der Waals surface area (Å²) in [6, 6.07) is 13.9. The predicted molar refractivity (Wildman–Crippen MR) is 69.7 cm³/mol. The zero-order chi connectivity index (χ0) is 13.2. The van der Waals surface area contributed by atoms with E-state index in [1.807, 2.05) is 30.3 Å². The third kappa shape index (κ3) is 2.17. The second-order valence-corrected chi connectivity index (χ2v) is 4.31. The van der Waals surface area contributed by atoms with E-state index in [2.05, 4.69) is 4.99 Å². The van der Waals surface area contributed by atoms with Gasteiger partial charge in [-0.05, 0) is 17.7 Å². The lowest BCUT2D eigenvalue weighted by molar-refractivity contribution is 0.318. The minimum absolute atomic E-state index is 0.112. The molecule has 0 aliphatic carbocycles. The highest BCUT2D eigenvalue weighted by Gasteiger charge is 2.24. The maximum absolute atomic E-state index is 13.3. The molecule has 2 aromatic rings. The summed E-state index contributed by atoms with van der Waals surface area (Å²) in [5.41, 5.74) is 1.33. The molecule has 19 heavy (non-hydrogen) atoms. The van der Waals surface area contributed by atoms with Crippen molar-refractivity contribution in [2.75, 3.05) is 6.61 Å². The molecule has 1 heterocycles. The number of aliphatic imine (C=N–C) groups is 1. The first-order chi connectivity index (χ1) is 9.25. The lowest BCUT2D eigenvalue weighted by Gasteiger charge is -2.04. The number of benzene rings is 2. The Morgan fingerprint density at radius 3 is 2.68 bits per heavy atom. The van der Waals surface area contributed by atoms with E-state index in [1.165, 1.54) is 12.1 Å². The Kier molecular flexibility index (Phi) is 2.91. The van der Waals surface area contributed by atoms with Gasteiger partial charge in [0, 0.05) is 0 Å². The molecule has 1 aliphatic rings. The van der Waals surface area contributed by atoms with Crippen LogP contribution in [0.1, 0.15) is 17.2 Å². The monoisotopic (exact) mass is 257 g/mol. The summed E-state index contributed by atoms with van der Waals surface area (Å²) in [5.74, 6) is -0.812. The number of nitrogens with zero attached hydrogens (tertiary/aromatic N) is 1. The molecule has 0 radical (unpaired) electrons. The molecule has 1 atom stereocenters. The number of para-hydroxylation sites is 1. The highest BCUT2D eigenvalue weighted by Crippen LogP contribution is 2.29. The lowest BCUT2D eigenvalue weighted by atomic mass is 10.1. The van der Waals surface area contributed by atoms with Gasteiger partial charge in [0.2, 0.25) is 5.90 Å². The quantitative estimate of drug-likeness (QED) is 0.898. The largest absolute Gasteiger partial charge is 0.504 e. The van der Waals surface area contributed by atoms with Gasteiger partial charge < -0.3 is 9.84 Å². The first kappa shape index (κ1) is 11.7. The second kappa shape index (κ2) is 4.72. The van der Waals surface area contributed by atoms with Gasteiger partial charge in [-0.3, -0.25) is 0 Å². The van der Waals surface area contributed by atoms with Crippen molar-refractivity contribution in [1.82, 2.24) is 0 Å². The summed E-state index contributed by atoms with van der Waals surface area (Å²) in [5, 5.41) is 9.68. The average molecular weight is 257 g/mol. The predicted octanol–water partition coefficient (Wildman–Crippen LogP) is 3.05. The molecule has 0 spiro atoms. The van der Waals surface area contributed by atoms with Gasteiger partial charge in [0.05, 0.1) is 5.56 Å². The molecular formula is C15H12FNO2. The third-order valence-electron chi connectivity index (χ3n) is 3.05. The fourth-order valence-electron chi connectivity index (χ4n) is 2.06. The fourth-order valence-corrected chi connectivity index (χ4v) is 2.06. The molecular weight excluding hydrogens is 245 g/mol. The van der Waals surface area contributed by atoms with E-state index >= 15 is 0 Å². The highest BCUT2D eigenvalue weighted by atomic mass is 19.1. The van der Waals surface area contributed by atoms with Crippen molar-refractivity contribution in [1.29, 1.82) is 0 Å². The average Bonchev–Trinajstić information content (AvgIpc) is 2.92. The molecule has 4 heteroatoms.